The lowest BCUT2D eigenvalue weighted by atomic mass is 10.1. The van der Waals surface area contributed by atoms with Crippen LogP contribution in [0.15, 0.2) is 0 Å². The quantitative estimate of drug-likeness (QED) is 0.592. The van der Waals surface area contributed by atoms with Crippen molar-refractivity contribution in [2.45, 2.75) is 64.3 Å². The Morgan fingerprint density at radius 1 is 0.962 bits per heavy atom. The van der Waals surface area contributed by atoms with Crippen molar-refractivity contribution >= 4 is 17.7 Å². The summed E-state index contributed by atoms with van der Waals surface area (Å²) in [6.45, 7) is 7.28. The molecule has 2 rings (SSSR count). The van der Waals surface area contributed by atoms with Gasteiger partial charge in [-0.1, -0.05) is 20.3 Å². The molecule has 148 valence electrons. The number of hydrogen-bond acceptors (Lipinski definition) is 4. The van der Waals surface area contributed by atoms with Crippen LogP contribution in [0.3, 0.4) is 0 Å². The molecule has 0 aromatic heterocycles. The van der Waals surface area contributed by atoms with Crippen LogP contribution in [0, 0.1) is 5.92 Å². The van der Waals surface area contributed by atoms with E-state index < -0.39 is 5.54 Å². The third-order valence-corrected chi connectivity index (χ3v) is 5.16. The fraction of sp³-hybridized carbons (Fsp3) is 0.842. The molecule has 0 unspecified atom stereocenters. The van der Waals surface area contributed by atoms with E-state index in [0.29, 0.717) is 51.5 Å². The van der Waals surface area contributed by atoms with Gasteiger partial charge >= 0.3 is 0 Å². The highest BCUT2D eigenvalue weighted by Gasteiger charge is 2.45. The van der Waals surface area contributed by atoms with Gasteiger partial charge in [0.25, 0.3) is 0 Å². The summed E-state index contributed by atoms with van der Waals surface area (Å²) < 4.78 is 0. The van der Waals surface area contributed by atoms with E-state index >= 15 is 0 Å². The zero-order valence-corrected chi connectivity index (χ0v) is 16.3. The molecule has 3 N–H and O–H groups in total. The number of nitrogens with two attached hydrogens (primary N) is 1. The molecule has 0 spiro atoms. The minimum absolute atomic E-state index is 0.0431. The molecule has 26 heavy (non-hydrogen) atoms. The average molecular weight is 367 g/mol. The van der Waals surface area contributed by atoms with Gasteiger partial charge in [0.15, 0.2) is 0 Å². The van der Waals surface area contributed by atoms with Crippen molar-refractivity contribution in [2.75, 3.05) is 32.7 Å². The van der Waals surface area contributed by atoms with E-state index in [1.54, 1.807) is 0 Å². The molecule has 0 aromatic carbocycles. The summed E-state index contributed by atoms with van der Waals surface area (Å²) in [6.07, 6.45) is 5.29. The van der Waals surface area contributed by atoms with E-state index in [4.69, 9.17) is 5.73 Å². The van der Waals surface area contributed by atoms with Crippen LogP contribution in [0.4, 0.5) is 0 Å². The minimum atomic E-state index is -0.603. The molecule has 3 amide bonds. The Morgan fingerprint density at radius 2 is 1.54 bits per heavy atom. The lowest BCUT2D eigenvalue weighted by molar-refractivity contribution is -0.140. The number of piperazine rings is 1. The topological polar surface area (TPSA) is 95.7 Å². The molecule has 0 bridgehead atoms. The molecule has 2 fully saturated rings. The van der Waals surface area contributed by atoms with Gasteiger partial charge in [0.1, 0.15) is 0 Å². The highest BCUT2D eigenvalue weighted by atomic mass is 16.2. The maximum Gasteiger partial charge on any atom is 0.240 e. The Balaban J connectivity index is 1.52. The zero-order valence-electron chi connectivity index (χ0n) is 16.3. The second kappa shape index (κ2) is 9.35. The molecule has 7 heteroatoms. The Labute approximate surface area is 156 Å². The summed E-state index contributed by atoms with van der Waals surface area (Å²) >= 11 is 0. The summed E-state index contributed by atoms with van der Waals surface area (Å²) in [5.74, 6) is 0.688. The number of amides is 3. The van der Waals surface area contributed by atoms with E-state index in [9.17, 15) is 14.4 Å². The van der Waals surface area contributed by atoms with Crippen LogP contribution in [-0.2, 0) is 14.4 Å². The number of nitrogens with zero attached hydrogens (tertiary/aromatic N) is 2. The second-order valence-electron chi connectivity index (χ2n) is 8.08. The number of carbonyl (C=O) groups is 3. The molecule has 0 radical (unpaired) electrons. The molecule has 7 nitrogen and oxygen atoms in total. The van der Waals surface area contributed by atoms with Crippen LogP contribution in [0.2, 0.25) is 0 Å². The SMILES string of the molecule is CC(C)CC(=O)N1CCN(C(=O)CCCCCNC(=O)C2(N)CC2)CC1. The van der Waals surface area contributed by atoms with Crippen LogP contribution in [0.25, 0.3) is 0 Å². The van der Waals surface area contributed by atoms with Crippen LogP contribution in [-0.4, -0.2) is 65.8 Å². The lowest BCUT2D eigenvalue weighted by Gasteiger charge is -2.35. The number of nitrogens with one attached hydrogen (secondary N) is 1. The molecule has 0 aromatic rings. The maximum absolute atomic E-state index is 12.3. The summed E-state index contributed by atoms with van der Waals surface area (Å²) in [4.78, 5) is 39.7. The first-order chi connectivity index (χ1) is 12.3. The largest absolute Gasteiger partial charge is 0.355 e. The predicted octanol–water partition coefficient (Wildman–Crippen LogP) is 0.871. The van der Waals surface area contributed by atoms with Crippen LogP contribution >= 0.6 is 0 Å². The van der Waals surface area contributed by atoms with Crippen molar-refractivity contribution in [1.29, 1.82) is 0 Å². The molecule has 1 saturated carbocycles. The summed E-state index contributed by atoms with van der Waals surface area (Å²) in [6, 6.07) is 0. The fourth-order valence-corrected chi connectivity index (χ4v) is 3.16. The highest BCUT2D eigenvalue weighted by molar-refractivity contribution is 5.88. The average Bonchev–Trinajstić information content (AvgIpc) is 3.36. The Bertz CT molecular complexity index is 509. The monoisotopic (exact) mass is 366 g/mol. The number of hydrogen-bond donors (Lipinski definition) is 2. The first kappa shape index (κ1) is 20.7. The van der Waals surface area contributed by atoms with Gasteiger partial charge in [-0.2, -0.15) is 0 Å². The first-order valence-electron chi connectivity index (χ1n) is 9.94. The van der Waals surface area contributed by atoms with Gasteiger partial charge in [-0.15, -0.1) is 0 Å². The summed E-state index contributed by atoms with van der Waals surface area (Å²) in [5.41, 5.74) is 5.22. The van der Waals surface area contributed by atoms with Crippen molar-refractivity contribution in [3.05, 3.63) is 0 Å². The fourth-order valence-electron chi connectivity index (χ4n) is 3.16. The number of carbonyl (C=O) groups excluding carboxylic acids is 3. The van der Waals surface area contributed by atoms with Gasteiger partial charge in [-0.25, -0.2) is 0 Å². The van der Waals surface area contributed by atoms with Gasteiger partial charge < -0.3 is 20.9 Å². The van der Waals surface area contributed by atoms with Crippen LogP contribution in [0.5, 0.6) is 0 Å². The predicted molar refractivity (Wildman–Crippen MR) is 100 cm³/mol. The first-order valence-corrected chi connectivity index (χ1v) is 9.94. The smallest absolute Gasteiger partial charge is 0.240 e. The van der Waals surface area contributed by atoms with Crippen molar-refractivity contribution in [1.82, 2.24) is 15.1 Å². The van der Waals surface area contributed by atoms with Gasteiger partial charge in [0, 0.05) is 45.6 Å². The molecule has 2 aliphatic rings. The van der Waals surface area contributed by atoms with Gasteiger partial charge in [-0.3, -0.25) is 14.4 Å². The van der Waals surface area contributed by atoms with Gasteiger partial charge in [0.05, 0.1) is 5.54 Å². The van der Waals surface area contributed by atoms with Crippen LogP contribution in [0.1, 0.15) is 58.8 Å². The molecular weight excluding hydrogens is 332 g/mol. The maximum atomic E-state index is 12.3. The standard InChI is InChI=1S/C19H34N4O3/c1-15(2)14-17(25)23-12-10-22(11-13-23)16(24)6-4-3-5-9-21-18(26)19(20)7-8-19/h15H,3-14,20H2,1-2H3,(H,21,26). The molecule has 0 atom stereocenters. The third kappa shape index (κ3) is 6.27. The van der Waals surface area contributed by atoms with Gasteiger partial charge in [0.2, 0.25) is 17.7 Å². The number of rotatable bonds is 9. The Kier molecular flexibility index (Phi) is 7.43. The zero-order chi connectivity index (χ0) is 19.2. The van der Waals surface area contributed by atoms with Crippen molar-refractivity contribution < 1.29 is 14.4 Å². The normalized spacial score (nSPS) is 18.8. The lowest BCUT2D eigenvalue weighted by Crippen LogP contribution is -2.50. The van der Waals surface area contributed by atoms with E-state index in [2.05, 4.69) is 5.32 Å². The van der Waals surface area contributed by atoms with E-state index in [1.165, 1.54) is 0 Å². The molecule has 1 aliphatic heterocycles. The molecule has 1 saturated heterocycles. The third-order valence-electron chi connectivity index (χ3n) is 5.16. The van der Waals surface area contributed by atoms with E-state index in [-0.39, 0.29) is 17.7 Å². The highest BCUT2D eigenvalue weighted by Crippen LogP contribution is 2.31. The molecular formula is C19H34N4O3. The minimum Gasteiger partial charge on any atom is -0.355 e. The Hall–Kier alpha value is -1.63. The summed E-state index contributed by atoms with van der Waals surface area (Å²) in [5, 5.41) is 2.87. The van der Waals surface area contributed by atoms with Crippen molar-refractivity contribution in [3.8, 4) is 0 Å². The van der Waals surface area contributed by atoms with Crippen LogP contribution < -0.4 is 11.1 Å². The van der Waals surface area contributed by atoms with Gasteiger partial charge in [-0.05, 0) is 31.6 Å². The summed E-state index contributed by atoms with van der Waals surface area (Å²) in [7, 11) is 0. The van der Waals surface area contributed by atoms with E-state index in [1.807, 2.05) is 23.6 Å². The molecule has 1 aliphatic carbocycles. The Morgan fingerprint density at radius 3 is 2.08 bits per heavy atom. The van der Waals surface area contributed by atoms with E-state index in [0.717, 1.165) is 32.1 Å². The van der Waals surface area contributed by atoms with Crippen molar-refractivity contribution in [3.63, 3.8) is 0 Å². The number of unbranched alkanes of at least 4 members (excludes halogenated alkanes) is 2. The molecule has 1 heterocycles. The van der Waals surface area contributed by atoms with Crippen molar-refractivity contribution in [2.24, 2.45) is 11.7 Å². The second-order valence-corrected chi connectivity index (χ2v) is 8.08.